The van der Waals surface area contributed by atoms with E-state index in [9.17, 15) is 4.79 Å². The van der Waals surface area contributed by atoms with Gasteiger partial charge in [-0.3, -0.25) is 4.79 Å². The molecule has 0 spiro atoms. The number of carbonyl (C=O) groups excluding carboxylic acids is 1. The van der Waals surface area contributed by atoms with Crippen LogP contribution in [0.3, 0.4) is 0 Å². The Balaban J connectivity index is 2.28. The number of nitrogens with zero attached hydrogens (tertiary/aromatic N) is 1. The molecule has 4 nitrogen and oxygen atoms in total. The number of fused-ring (bicyclic) bond motifs is 1. The summed E-state index contributed by atoms with van der Waals surface area (Å²) in [5.41, 5.74) is 7.60. The van der Waals surface area contributed by atoms with Crippen LogP contribution in [0.25, 0.3) is 0 Å². The van der Waals surface area contributed by atoms with Gasteiger partial charge in [0.25, 0.3) is 0 Å². The van der Waals surface area contributed by atoms with E-state index >= 15 is 0 Å². The number of rotatable bonds is 3. The van der Waals surface area contributed by atoms with E-state index in [0.29, 0.717) is 19.7 Å². The number of carbonyl (C=O) groups is 1. The van der Waals surface area contributed by atoms with E-state index in [0.717, 1.165) is 23.5 Å². The van der Waals surface area contributed by atoms with Gasteiger partial charge in [0.1, 0.15) is 18.1 Å². The summed E-state index contributed by atoms with van der Waals surface area (Å²) in [5, 5.41) is 0. The van der Waals surface area contributed by atoms with Gasteiger partial charge in [-0.1, -0.05) is 6.07 Å². The average Bonchev–Trinajstić information content (AvgIpc) is 2.28. The van der Waals surface area contributed by atoms with Gasteiger partial charge in [-0.05, 0) is 24.6 Å². The molecule has 1 heterocycles. The second-order valence-corrected chi connectivity index (χ2v) is 3.98. The molecule has 0 atom stereocenters. The predicted molar refractivity (Wildman–Crippen MR) is 62.7 cm³/mol. The summed E-state index contributed by atoms with van der Waals surface area (Å²) in [4.78, 5) is 13.2. The molecule has 0 fully saturated rings. The van der Waals surface area contributed by atoms with Crippen LogP contribution in [0.4, 0.5) is 5.69 Å². The van der Waals surface area contributed by atoms with Crippen LogP contribution in [-0.2, 0) is 11.3 Å². The third kappa shape index (κ3) is 2.17. The van der Waals surface area contributed by atoms with Crippen molar-refractivity contribution >= 4 is 11.5 Å². The van der Waals surface area contributed by atoms with Crippen molar-refractivity contribution in [2.75, 3.05) is 24.6 Å². The van der Waals surface area contributed by atoms with Crippen LogP contribution in [0.5, 0.6) is 5.75 Å². The minimum Gasteiger partial charge on any atom is -0.490 e. The molecule has 1 aromatic carbocycles. The van der Waals surface area contributed by atoms with Gasteiger partial charge in [-0.2, -0.15) is 0 Å². The van der Waals surface area contributed by atoms with Gasteiger partial charge in [-0.25, -0.2) is 0 Å². The van der Waals surface area contributed by atoms with E-state index in [1.165, 1.54) is 0 Å². The SMILES string of the molecule is CC(=O)CN1CCOc2cc(CN)ccc21. The van der Waals surface area contributed by atoms with Crippen LogP contribution in [0.1, 0.15) is 12.5 Å². The number of benzene rings is 1. The fourth-order valence-corrected chi connectivity index (χ4v) is 1.88. The molecule has 0 aromatic heterocycles. The standard InChI is InChI=1S/C12H16N2O2/c1-9(15)8-14-4-5-16-12-6-10(7-13)2-3-11(12)14/h2-3,6H,4-5,7-8,13H2,1H3. The number of hydrogen-bond acceptors (Lipinski definition) is 4. The maximum atomic E-state index is 11.1. The predicted octanol–water partition coefficient (Wildman–Crippen LogP) is 0.933. The molecule has 0 aliphatic carbocycles. The molecular formula is C12H16N2O2. The zero-order valence-electron chi connectivity index (χ0n) is 9.40. The number of nitrogens with two attached hydrogens (primary N) is 1. The van der Waals surface area contributed by atoms with Crippen molar-refractivity contribution in [3.05, 3.63) is 23.8 Å². The molecule has 16 heavy (non-hydrogen) atoms. The van der Waals surface area contributed by atoms with E-state index in [1.54, 1.807) is 6.92 Å². The van der Waals surface area contributed by atoms with E-state index in [4.69, 9.17) is 10.5 Å². The molecule has 0 amide bonds. The van der Waals surface area contributed by atoms with E-state index in [-0.39, 0.29) is 5.78 Å². The first kappa shape index (κ1) is 11.0. The minimum atomic E-state index is 0.163. The lowest BCUT2D eigenvalue weighted by atomic mass is 10.1. The highest BCUT2D eigenvalue weighted by molar-refractivity contribution is 5.82. The summed E-state index contributed by atoms with van der Waals surface area (Å²) in [7, 11) is 0. The Kier molecular flexibility index (Phi) is 3.10. The Morgan fingerprint density at radius 3 is 3.06 bits per heavy atom. The largest absolute Gasteiger partial charge is 0.490 e. The van der Waals surface area contributed by atoms with Crippen molar-refractivity contribution in [2.45, 2.75) is 13.5 Å². The molecule has 86 valence electrons. The zero-order valence-corrected chi connectivity index (χ0v) is 9.40. The zero-order chi connectivity index (χ0) is 11.5. The van der Waals surface area contributed by atoms with Gasteiger partial charge >= 0.3 is 0 Å². The first-order valence-corrected chi connectivity index (χ1v) is 5.41. The van der Waals surface area contributed by atoms with Crippen molar-refractivity contribution in [3.63, 3.8) is 0 Å². The summed E-state index contributed by atoms with van der Waals surface area (Å²) in [5.74, 6) is 0.992. The second kappa shape index (κ2) is 4.53. The van der Waals surface area contributed by atoms with Crippen molar-refractivity contribution < 1.29 is 9.53 Å². The molecule has 0 saturated heterocycles. The molecule has 4 heteroatoms. The molecule has 2 N–H and O–H groups in total. The fourth-order valence-electron chi connectivity index (χ4n) is 1.88. The van der Waals surface area contributed by atoms with Crippen molar-refractivity contribution in [1.82, 2.24) is 0 Å². The van der Waals surface area contributed by atoms with E-state index < -0.39 is 0 Å². The molecule has 1 aliphatic heterocycles. The van der Waals surface area contributed by atoms with Gasteiger partial charge in [0.2, 0.25) is 0 Å². The maximum absolute atomic E-state index is 11.1. The van der Waals surface area contributed by atoms with Gasteiger partial charge < -0.3 is 15.4 Å². The summed E-state index contributed by atoms with van der Waals surface area (Å²) >= 11 is 0. The third-order valence-electron chi connectivity index (χ3n) is 2.63. The quantitative estimate of drug-likeness (QED) is 0.823. The van der Waals surface area contributed by atoms with Crippen LogP contribution < -0.4 is 15.4 Å². The number of anilines is 1. The molecule has 0 saturated carbocycles. The minimum absolute atomic E-state index is 0.163. The van der Waals surface area contributed by atoms with Gasteiger partial charge in [-0.15, -0.1) is 0 Å². The summed E-state index contributed by atoms with van der Waals surface area (Å²) in [6.07, 6.45) is 0. The topological polar surface area (TPSA) is 55.6 Å². The molecule has 1 aliphatic rings. The smallest absolute Gasteiger partial charge is 0.149 e. The molecule has 0 radical (unpaired) electrons. The Bertz CT molecular complexity index is 404. The second-order valence-electron chi connectivity index (χ2n) is 3.98. The van der Waals surface area contributed by atoms with Crippen molar-refractivity contribution in [3.8, 4) is 5.75 Å². The Labute approximate surface area is 95.0 Å². The van der Waals surface area contributed by atoms with Gasteiger partial charge in [0, 0.05) is 6.54 Å². The van der Waals surface area contributed by atoms with Crippen LogP contribution in [0.2, 0.25) is 0 Å². The van der Waals surface area contributed by atoms with Crippen LogP contribution in [0.15, 0.2) is 18.2 Å². The summed E-state index contributed by atoms with van der Waals surface area (Å²) in [6.45, 7) is 3.92. The lowest BCUT2D eigenvalue weighted by Crippen LogP contribution is -2.36. The van der Waals surface area contributed by atoms with E-state index in [1.807, 2.05) is 23.1 Å². The van der Waals surface area contributed by atoms with Gasteiger partial charge in [0.15, 0.2) is 0 Å². The number of Topliss-reactive ketones (excluding diaryl/α,β-unsaturated/α-hetero) is 1. The maximum Gasteiger partial charge on any atom is 0.149 e. The lowest BCUT2D eigenvalue weighted by molar-refractivity contribution is -0.115. The number of hydrogen-bond donors (Lipinski definition) is 1. The Hall–Kier alpha value is -1.55. The normalized spacial score (nSPS) is 14.2. The van der Waals surface area contributed by atoms with Crippen molar-refractivity contribution in [1.29, 1.82) is 0 Å². The lowest BCUT2D eigenvalue weighted by Gasteiger charge is -2.30. The van der Waals surface area contributed by atoms with Crippen LogP contribution in [0, 0.1) is 0 Å². The van der Waals surface area contributed by atoms with Crippen molar-refractivity contribution in [2.24, 2.45) is 5.73 Å². The molecule has 1 aromatic rings. The highest BCUT2D eigenvalue weighted by atomic mass is 16.5. The molecule has 0 bridgehead atoms. The number of ether oxygens (including phenoxy) is 1. The molecule has 0 unspecified atom stereocenters. The number of ketones is 1. The summed E-state index contributed by atoms with van der Waals surface area (Å²) in [6, 6.07) is 5.89. The highest BCUT2D eigenvalue weighted by Crippen LogP contribution is 2.32. The molecule has 2 rings (SSSR count). The Morgan fingerprint density at radius 2 is 2.38 bits per heavy atom. The first-order chi connectivity index (χ1) is 7.70. The first-order valence-electron chi connectivity index (χ1n) is 5.41. The third-order valence-corrected chi connectivity index (χ3v) is 2.63. The Morgan fingerprint density at radius 1 is 1.56 bits per heavy atom. The average molecular weight is 220 g/mol. The molecular weight excluding hydrogens is 204 g/mol. The van der Waals surface area contributed by atoms with Crippen LogP contribution in [-0.4, -0.2) is 25.5 Å². The van der Waals surface area contributed by atoms with Crippen LogP contribution >= 0.6 is 0 Å². The monoisotopic (exact) mass is 220 g/mol. The summed E-state index contributed by atoms with van der Waals surface area (Å²) < 4.78 is 5.57. The van der Waals surface area contributed by atoms with E-state index in [2.05, 4.69) is 0 Å². The fraction of sp³-hybridized carbons (Fsp3) is 0.417. The highest BCUT2D eigenvalue weighted by Gasteiger charge is 2.18. The van der Waals surface area contributed by atoms with Gasteiger partial charge in [0.05, 0.1) is 18.8 Å².